The number of nitriles is 1. The molecule has 0 aliphatic carbocycles. The molecular weight excluding hydrogens is 416 g/mol. The fourth-order valence-electron chi connectivity index (χ4n) is 3.13. The van der Waals surface area contributed by atoms with Gasteiger partial charge in [0.2, 0.25) is 0 Å². The number of carbonyl (C=O) groups excluding carboxylic acids is 2. The Morgan fingerprint density at radius 2 is 2.10 bits per heavy atom. The summed E-state index contributed by atoms with van der Waals surface area (Å²) >= 11 is 6.11. The van der Waals surface area contributed by atoms with Crippen LogP contribution < -0.4 is 5.32 Å². The van der Waals surface area contributed by atoms with Gasteiger partial charge in [0.1, 0.15) is 23.4 Å². The van der Waals surface area contributed by atoms with E-state index in [0.29, 0.717) is 41.6 Å². The maximum atomic E-state index is 12.5. The van der Waals surface area contributed by atoms with Gasteiger partial charge in [-0.25, -0.2) is 4.98 Å². The van der Waals surface area contributed by atoms with E-state index < -0.39 is 0 Å². The number of nitrogens with one attached hydrogen (secondary N) is 1. The summed E-state index contributed by atoms with van der Waals surface area (Å²) in [4.78, 5) is 28.0. The number of amides is 1. The first-order valence-electron chi connectivity index (χ1n) is 9.84. The van der Waals surface area contributed by atoms with Crippen LogP contribution in [-0.4, -0.2) is 37.1 Å². The molecule has 3 aromatic rings. The number of carbonyl (C=O) groups is 2. The maximum absolute atomic E-state index is 12.5. The molecule has 2 aromatic heterocycles. The van der Waals surface area contributed by atoms with E-state index in [2.05, 4.69) is 15.4 Å². The number of rotatable bonds is 8. The lowest BCUT2D eigenvalue weighted by molar-refractivity contribution is -0.117. The minimum Gasteiger partial charge on any atom is -0.346 e. The zero-order chi connectivity index (χ0) is 22.5. The average Bonchev–Trinajstić information content (AvgIpc) is 3.32. The van der Waals surface area contributed by atoms with Gasteiger partial charge >= 0.3 is 0 Å². The topological polar surface area (TPSA) is 106 Å². The Balaban J connectivity index is 1.61. The minimum absolute atomic E-state index is 0.0922. The summed E-state index contributed by atoms with van der Waals surface area (Å²) in [6.07, 6.45) is 3.90. The van der Waals surface area contributed by atoms with Crippen molar-refractivity contribution in [3.8, 4) is 17.3 Å². The normalized spacial score (nSPS) is 11.7. The third-order valence-corrected chi connectivity index (χ3v) is 5.09. The first-order valence-corrected chi connectivity index (χ1v) is 10.2. The van der Waals surface area contributed by atoms with Crippen LogP contribution in [0.4, 0.5) is 0 Å². The molecular formula is C22H23ClN6O2. The van der Waals surface area contributed by atoms with E-state index in [1.807, 2.05) is 29.8 Å². The molecule has 1 unspecified atom stereocenters. The van der Waals surface area contributed by atoms with Crippen LogP contribution in [0.3, 0.4) is 0 Å². The molecule has 1 aromatic carbocycles. The molecule has 0 radical (unpaired) electrons. The van der Waals surface area contributed by atoms with E-state index in [0.717, 1.165) is 11.3 Å². The summed E-state index contributed by atoms with van der Waals surface area (Å²) in [5.74, 6) is 0.509. The summed E-state index contributed by atoms with van der Waals surface area (Å²) in [6.45, 7) is 6.21. The average molecular weight is 439 g/mol. The van der Waals surface area contributed by atoms with Gasteiger partial charge in [-0.1, -0.05) is 17.7 Å². The molecule has 1 amide bonds. The third kappa shape index (κ3) is 5.58. The van der Waals surface area contributed by atoms with Gasteiger partial charge < -0.3 is 9.88 Å². The van der Waals surface area contributed by atoms with Gasteiger partial charge in [-0.2, -0.15) is 10.4 Å². The van der Waals surface area contributed by atoms with E-state index in [1.54, 1.807) is 36.0 Å². The summed E-state index contributed by atoms with van der Waals surface area (Å²) < 4.78 is 3.55. The van der Waals surface area contributed by atoms with Crippen LogP contribution in [0.25, 0.3) is 11.3 Å². The highest BCUT2D eigenvalue weighted by molar-refractivity contribution is 6.32. The second-order valence-corrected chi connectivity index (χ2v) is 7.83. The second-order valence-electron chi connectivity index (χ2n) is 7.42. The van der Waals surface area contributed by atoms with Crippen molar-refractivity contribution in [2.45, 2.75) is 46.3 Å². The largest absolute Gasteiger partial charge is 0.346 e. The summed E-state index contributed by atoms with van der Waals surface area (Å²) in [6, 6.07) is 8.87. The monoisotopic (exact) mass is 438 g/mol. The Labute approximate surface area is 185 Å². The number of ketones is 1. The van der Waals surface area contributed by atoms with Crippen LogP contribution in [0.5, 0.6) is 0 Å². The highest BCUT2D eigenvalue weighted by Crippen LogP contribution is 2.24. The molecule has 3 rings (SSSR count). The Hall–Kier alpha value is -3.44. The van der Waals surface area contributed by atoms with E-state index in [9.17, 15) is 9.59 Å². The number of hydrogen-bond donors (Lipinski definition) is 1. The predicted molar refractivity (Wildman–Crippen MR) is 117 cm³/mol. The summed E-state index contributed by atoms with van der Waals surface area (Å²) in [5, 5.41) is 16.8. The molecule has 8 nitrogen and oxygen atoms in total. The lowest BCUT2D eigenvalue weighted by atomic mass is 10.1. The van der Waals surface area contributed by atoms with Crippen molar-refractivity contribution < 1.29 is 9.59 Å². The van der Waals surface area contributed by atoms with Gasteiger partial charge in [0, 0.05) is 37.0 Å². The van der Waals surface area contributed by atoms with Crippen molar-refractivity contribution in [3.63, 3.8) is 0 Å². The molecule has 2 heterocycles. The molecule has 0 bridgehead atoms. The van der Waals surface area contributed by atoms with Crippen molar-refractivity contribution in [2.24, 2.45) is 0 Å². The Bertz CT molecular complexity index is 1160. The summed E-state index contributed by atoms with van der Waals surface area (Å²) in [7, 11) is 0. The Morgan fingerprint density at radius 1 is 1.32 bits per heavy atom. The number of aryl methyl sites for hydroxylation is 2. The zero-order valence-electron chi connectivity index (χ0n) is 17.6. The number of aromatic nitrogens is 4. The number of benzene rings is 1. The van der Waals surface area contributed by atoms with Crippen molar-refractivity contribution >= 4 is 23.3 Å². The highest BCUT2D eigenvalue weighted by atomic mass is 35.5. The quantitative estimate of drug-likeness (QED) is 0.580. The molecule has 0 spiro atoms. The Morgan fingerprint density at radius 3 is 2.77 bits per heavy atom. The van der Waals surface area contributed by atoms with Gasteiger partial charge in [-0.05, 0) is 39.0 Å². The molecule has 0 aliphatic rings. The first kappa shape index (κ1) is 22.2. The molecule has 31 heavy (non-hydrogen) atoms. The maximum Gasteiger partial charge on any atom is 0.271 e. The Kier molecular flexibility index (Phi) is 6.88. The molecule has 1 N–H and O–H groups in total. The molecule has 0 saturated carbocycles. The second kappa shape index (κ2) is 9.58. The first-order chi connectivity index (χ1) is 14.8. The SMILES string of the molecule is CC(=O)CCn1cc(C(=O)NC(C)Cn2ccc(-c3ccc(C#N)c(Cl)c3)n2)nc1C. The van der Waals surface area contributed by atoms with Crippen LogP contribution in [-0.2, 0) is 17.9 Å². The van der Waals surface area contributed by atoms with E-state index in [1.165, 1.54) is 6.92 Å². The fourth-order valence-corrected chi connectivity index (χ4v) is 3.35. The van der Waals surface area contributed by atoms with E-state index in [-0.39, 0.29) is 17.7 Å². The molecule has 0 saturated heterocycles. The van der Waals surface area contributed by atoms with Crippen LogP contribution in [0.15, 0.2) is 36.7 Å². The smallest absolute Gasteiger partial charge is 0.271 e. The molecule has 9 heteroatoms. The van der Waals surface area contributed by atoms with E-state index >= 15 is 0 Å². The third-order valence-electron chi connectivity index (χ3n) is 4.78. The number of hydrogen-bond acceptors (Lipinski definition) is 5. The lowest BCUT2D eigenvalue weighted by Gasteiger charge is -2.13. The standard InChI is InChI=1S/C22H23ClN6O2/c1-14(25-22(31)21-13-28(16(3)26-21)8-6-15(2)30)12-29-9-7-20(27-29)17-4-5-18(11-24)19(23)10-17/h4-5,7,9-10,13-14H,6,8,12H2,1-3H3,(H,25,31). The van der Waals surface area contributed by atoms with Crippen LogP contribution in [0.2, 0.25) is 5.02 Å². The molecule has 160 valence electrons. The summed E-state index contributed by atoms with van der Waals surface area (Å²) in [5.41, 5.74) is 2.28. The fraction of sp³-hybridized carbons (Fsp3) is 0.318. The van der Waals surface area contributed by atoms with Crippen molar-refractivity contribution in [3.05, 3.63) is 58.8 Å². The van der Waals surface area contributed by atoms with Crippen LogP contribution in [0.1, 0.15) is 42.1 Å². The van der Waals surface area contributed by atoms with Gasteiger partial charge in [0.15, 0.2) is 0 Å². The van der Waals surface area contributed by atoms with Gasteiger partial charge in [-0.15, -0.1) is 0 Å². The zero-order valence-corrected chi connectivity index (χ0v) is 18.3. The molecule has 0 aliphatic heterocycles. The number of Topliss-reactive ketones (excluding diaryl/α,β-unsaturated/α-hetero) is 1. The minimum atomic E-state index is -0.275. The number of halogens is 1. The number of nitrogens with zero attached hydrogens (tertiary/aromatic N) is 5. The van der Waals surface area contributed by atoms with Gasteiger partial charge in [-0.3, -0.25) is 14.3 Å². The molecule has 0 fully saturated rings. The predicted octanol–water partition coefficient (Wildman–Crippen LogP) is 3.38. The van der Waals surface area contributed by atoms with E-state index in [4.69, 9.17) is 16.9 Å². The van der Waals surface area contributed by atoms with Crippen molar-refractivity contribution in [1.82, 2.24) is 24.6 Å². The van der Waals surface area contributed by atoms with Crippen molar-refractivity contribution in [1.29, 1.82) is 5.26 Å². The van der Waals surface area contributed by atoms with Crippen LogP contribution in [0, 0.1) is 18.3 Å². The lowest BCUT2D eigenvalue weighted by Crippen LogP contribution is -2.36. The molecule has 1 atom stereocenters. The number of imidazole rings is 1. The van der Waals surface area contributed by atoms with Gasteiger partial charge in [0.25, 0.3) is 5.91 Å². The van der Waals surface area contributed by atoms with Gasteiger partial charge in [0.05, 0.1) is 22.8 Å². The van der Waals surface area contributed by atoms with Crippen molar-refractivity contribution in [2.75, 3.05) is 0 Å². The van der Waals surface area contributed by atoms with Crippen LogP contribution >= 0.6 is 11.6 Å². The highest BCUT2D eigenvalue weighted by Gasteiger charge is 2.16.